The van der Waals surface area contributed by atoms with Gasteiger partial charge in [0, 0.05) is 0 Å². The fourth-order valence-corrected chi connectivity index (χ4v) is 0.446. The van der Waals surface area contributed by atoms with Gasteiger partial charge < -0.3 is 0 Å². The summed E-state index contributed by atoms with van der Waals surface area (Å²) in [5, 5.41) is 0. The lowest BCUT2D eigenvalue weighted by Crippen LogP contribution is -2.01. The van der Waals surface area contributed by atoms with E-state index in [4.69, 9.17) is 0 Å². The quantitative estimate of drug-likeness (QED) is 0.447. The highest BCUT2D eigenvalue weighted by Crippen LogP contribution is 2.19. The summed E-state index contributed by atoms with van der Waals surface area (Å²) in [6.45, 7) is 5.86. The summed E-state index contributed by atoms with van der Waals surface area (Å²) in [5.41, 5.74) is -1.04. The molecule has 64 valence electrons. The van der Waals surface area contributed by atoms with Gasteiger partial charge in [0.15, 0.2) is 0 Å². The summed E-state index contributed by atoms with van der Waals surface area (Å²) in [7, 11) is 0. The molecular formula is C7H8F4. The van der Waals surface area contributed by atoms with Crippen LogP contribution in [0.3, 0.4) is 0 Å². The molecule has 0 aromatic heterocycles. The predicted molar refractivity (Wildman–Crippen MR) is 34.9 cm³/mol. The van der Waals surface area contributed by atoms with Crippen LogP contribution in [0.25, 0.3) is 0 Å². The number of allylic oxidation sites excluding steroid dienone is 2. The Morgan fingerprint density at radius 1 is 0.909 bits per heavy atom. The molecule has 0 bridgehead atoms. The van der Waals surface area contributed by atoms with Crippen molar-refractivity contribution < 1.29 is 17.6 Å². The van der Waals surface area contributed by atoms with Crippen LogP contribution in [0.5, 0.6) is 0 Å². The highest BCUT2D eigenvalue weighted by molar-refractivity contribution is 5.12. The van der Waals surface area contributed by atoms with Crippen LogP contribution in [0.1, 0.15) is 6.42 Å². The van der Waals surface area contributed by atoms with Crippen molar-refractivity contribution in [2.24, 2.45) is 0 Å². The van der Waals surface area contributed by atoms with Crippen molar-refractivity contribution in [2.75, 3.05) is 0 Å². The maximum atomic E-state index is 11.7. The summed E-state index contributed by atoms with van der Waals surface area (Å²) in [5.74, 6) is 0. The van der Waals surface area contributed by atoms with Gasteiger partial charge in [-0.15, -0.1) is 0 Å². The summed E-state index contributed by atoms with van der Waals surface area (Å²) in [6.07, 6.45) is -5.99. The van der Waals surface area contributed by atoms with E-state index in [1.807, 2.05) is 0 Å². The average molecular weight is 168 g/mol. The van der Waals surface area contributed by atoms with E-state index in [1.54, 1.807) is 0 Å². The highest BCUT2D eigenvalue weighted by atomic mass is 19.3. The van der Waals surface area contributed by atoms with E-state index in [9.17, 15) is 17.6 Å². The molecule has 0 N–H and O–H groups in total. The second-order valence-electron chi connectivity index (χ2n) is 2.09. The van der Waals surface area contributed by atoms with Gasteiger partial charge in [0.05, 0.1) is 0 Å². The molecule has 0 heterocycles. The predicted octanol–water partition coefficient (Wildman–Crippen LogP) is 3.02. The average Bonchev–Trinajstić information content (AvgIpc) is 1.87. The molecule has 11 heavy (non-hydrogen) atoms. The zero-order valence-corrected chi connectivity index (χ0v) is 5.79. The summed E-state index contributed by atoms with van der Waals surface area (Å²) < 4.78 is 46.7. The molecule has 0 nitrogen and oxygen atoms in total. The van der Waals surface area contributed by atoms with Gasteiger partial charge in [0.25, 0.3) is 12.9 Å². The van der Waals surface area contributed by atoms with E-state index >= 15 is 0 Å². The molecule has 0 aliphatic rings. The van der Waals surface area contributed by atoms with E-state index in [1.165, 1.54) is 0 Å². The van der Waals surface area contributed by atoms with Crippen molar-refractivity contribution in [3.05, 3.63) is 24.3 Å². The Morgan fingerprint density at radius 2 is 1.18 bits per heavy atom. The standard InChI is InChI=1S/C7H8F4/c1-4(6(8)9)3-5(2)7(10)11/h6-7H,1-3H2. The monoisotopic (exact) mass is 168 g/mol. The first-order chi connectivity index (χ1) is 4.95. The van der Waals surface area contributed by atoms with E-state index in [0.717, 1.165) is 0 Å². The third kappa shape index (κ3) is 3.80. The largest absolute Gasteiger partial charge is 0.259 e. The van der Waals surface area contributed by atoms with Gasteiger partial charge in [-0.05, 0) is 17.6 Å². The topological polar surface area (TPSA) is 0 Å². The van der Waals surface area contributed by atoms with E-state index < -0.39 is 30.4 Å². The van der Waals surface area contributed by atoms with Gasteiger partial charge >= 0.3 is 0 Å². The fraction of sp³-hybridized carbons (Fsp3) is 0.429. The summed E-state index contributed by atoms with van der Waals surface area (Å²) in [6, 6.07) is 0. The minimum Gasteiger partial charge on any atom is -0.205 e. The molecule has 0 aromatic carbocycles. The zero-order chi connectivity index (χ0) is 9.02. The van der Waals surface area contributed by atoms with Crippen molar-refractivity contribution in [3.63, 3.8) is 0 Å². The van der Waals surface area contributed by atoms with E-state index in [-0.39, 0.29) is 0 Å². The molecule has 0 aliphatic heterocycles. The Balaban J connectivity index is 3.86. The molecule has 0 rings (SSSR count). The van der Waals surface area contributed by atoms with Gasteiger partial charge in [0.1, 0.15) is 0 Å². The lowest BCUT2D eigenvalue weighted by atomic mass is 10.1. The Morgan fingerprint density at radius 3 is 1.36 bits per heavy atom. The Labute approximate surface area is 62.2 Å². The molecule has 0 aliphatic carbocycles. The first-order valence-electron chi connectivity index (χ1n) is 2.86. The second-order valence-corrected chi connectivity index (χ2v) is 2.09. The summed E-state index contributed by atoms with van der Waals surface area (Å²) in [4.78, 5) is 0. The van der Waals surface area contributed by atoms with Gasteiger partial charge in [-0.25, -0.2) is 17.6 Å². The van der Waals surface area contributed by atoms with Gasteiger partial charge in [0.2, 0.25) is 0 Å². The summed E-state index contributed by atoms with van der Waals surface area (Å²) >= 11 is 0. The highest BCUT2D eigenvalue weighted by Gasteiger charge is 2.14. The molecule has 0 aromatic rings. The molecule has 0 radical (unpaired) electrons. The zero-order valence-electron chi connectivity index (χ0n) is 5.79. The van der Waals surface area contributed by atoms with Crippen LogP contribution in [-0.2, 0) is 0 Å². The maximum absolute atomic E-state index is 11.7. The molecule has 0 saturated heterocycles. The number of halogens is 4. The first-order valence-corrected chi connectivity index (χ1v) is 2.86. The normalized spacial score (nSPS) is 10.7. The van der Waals surface area contributed by atoms with Crippen LogP contribution < -0.4 is 0 Å². The van der Waals surface area contributed by atoms with Gasteiger partial charge in [-0.3, -0.25) is 0 Å². The van der Waals surface area contributed by atoms with Crippen molar-refractivity contribution in [1.29, 1.82) is 0 Å². The number of hydrogen-bond acceptors (Lipinski definition) is 0. The Bertz CT molecular complexity index is 142. The van der Waals surface area contributed by atoms with Crippen molar-refractivity contribution in [2.45, 2.75) is 19.3 Å². The smallest absolute Gasteiger partial charge is 0.205 e. The van der Waals surface area contributed by atoms with Crippen LogP contribution >= 0.6 is 0 Å². The third-order valence-electron chi connectivity index (χ3n) is 1.07. The van der Waals surface area contributed by atoms with Crippen LogP contribution in [0.2, 0.25) is 0 Å². The molecule has 4 heteroatoms. The van der Waals surface area contributed by atoms with Crippen molar-refractivity contribution in [3.8, 4) is 0 Å². The van der Waals surface area contributed by atoms with Crippen LogP contribution in [0, 0.1) is 0 Å². The SMILES string of the molecule is C=C(CC(=C)C(F)F)C(F)F. The van der Waals surface area contributed by atoms with Gasteiger partial charge in [-0.2, -0.15) is 0 Å². The minimum atomic E-state index is -2.74. The van der Waals surface area contributed by atoms with Crippen molar-refractivity contribution in [1.82, 2.24) is 0 Å². The maximum Gasteiger partial charge on any atom is 0.259 e. The number of hydrogen-bond donors (Lipinski definition) is 0. The molecule has 0 spiro atoms. The lowest BCUT2D eigenvalue weighted by Gasteiger charge is -2.05. The molecule has 0 atom stereocenters. The van der Waals surface area contributed by atoms with Crippen molar-refractivity contribution >= 4 is 0 Å². The third-order valence-corrected chi connectivity index (χ3v) is 1.07. The molecule has 0 saturated carbocycles. The van der Waals surface area contributed by atoms with E-state index in [0.29, 0.717) is 0 Å². The van der Waals surface area contributed by atoms with Gasteiger partial charge in [-0.1, -0.05) is 13.2 Å². The fourth-order valence-electron chi connectivity index (χ4n) is 0.446. The lowest BCUT2D eigenvalue weighted by molar-refractivity contribution is 0.172. The molecule has 0 fully saturated rings. The number of rotatable bonds is 4. The molecular weight excluding hydrogens is 160 g/mol. The molecule has 0 amide bonds. The second kappa shape index (κ2) is 4.16. The Kier molecular flexibility index (Phi) is 3.85. The minimum absolute atomic E-state index is 0.505. The van der Waals surface area contributed by atoms with Crippen LogP contribution in [0.4, 0.5) is 17.6 Å². The Hall–Kier alpha value is -0.800. The first kappa shape index (κ1) is 10.2. The number of alkyl halides is 4. The van der Waals surface area contributed by atoms with Crippen LogP contribution in [-0.4, -0.2) is 12.9 Å². The molecule has 0 unspecified atom stereocenters. The van der Waals surface area contributed by atoms with E-state index in [2.05, 4.69) is 13.2 Å². The van der Waals surface area contributed by atoms with Crippen LogP contribution in [0.15, 0.2) is 24.3 Å².